The Labute approximate surface area is 160 Å². The summed E-state index contributed by atoms with van der Waals surface area (Å²) >= 11 is 0. The Morgan fingerprint density at radius 3 is 2.46 bits per heavy atom. The quantitative estimate of drug-likeness (QED) is 0.664. The van der Waals surface area contributed by atoms with E-state index in [1.54, 1.807) is 12.4 Å². The van der Waals surface area contributed by atoms with Crippen LogP contribution in [0.1, 0.15) is 24.0 Å². The second-order valence-corrected chi connectivity index (χ2v) is 7.18. The van der Waals surface area contributed by atoms with Gasteiger partial charge in [0.1, 0.15) is 0 Å². The van der Waals surface area contributed by atoms with Gasteiger partial charge in [-0.15, -0.1) is 0 Å². The predicted molar refractivity (Wildman–Crippen MR) is 94.4 cm³/mol. The molecule has 1 fully saturated rings. The van der Waals surface area contributed by atoms with Crippen LogP contribution in [0.3, 0.4) is 0 Å². The summed E-state index contributed by atoms with van der Waals surface area (Å²) in [5.74, 6) is 0.0653. The second kappa shape index (κ2) is 8.42. The molecule has 2 aromatic rings. The van der Waals surface area contributed by atoms with Crippen LogP contribution in [0.5, 0.6) is 5.88 Å². The molecule has 1 aliphatic rings. The van der Waals surface area contributed by atoms with E-state index in [1.165, 1.54) is 6.07 Å². The number of hydrogen-bond donors (Lipinski definition) is 3. The summed E-state index contributed by atoms with van der Waals surface area (Å²) < 4.78 is 43.5. The Balaban J connectivity index is 1.61. The highest BCUT2D eigenvalue weighted by Gasteiger charge is 2.44. The Kier molecular flexibility index (Phi) is 6.17. The van der Waals surface area contributed by atoms with Gasteiger partial charge in [0, 0.05) is 43.2 Å². The van der Waals surface area contributed by atoms with E-state index in [0.29, 0.717) is 25.9 Å². The fourth-order valence-corrected chi connectivity index (χ4v) is 3.39. The van der Waals surface area contributed by atoms with Crippen LogP contribution < -0.4 is 10.1 Å². The number of nitrogens with one attached hydrogen (secondary N) is 1. The van der Waals surface area contributed by atoms with Crippen LogP contribution >= 0.6 is 0 Å². The van der Waals surface area contributed by atoms with Gasteiger partial charge in [0.2, 0.25) is 5.88 Å². The largest absolute Gasteiger partial charge is 0.477 e. The van der Waals surface area contributed by atoms with Gasteiger partial charge in [-0.2, -0.15) is 13.2 Å². The van der Waals surface area contributed by atoms with Gasteiger partial charge in [-0.05, 0) is 30.5 Å². The Morgan fingerprint density at radius 2 is 1.89 bits per heavy atom. The number of rotatable bonds is 7. The zero-order valence-electron chi connectivity index (χ0n) is 15.1. The first kappa shape index (κ1) is 20.5. The smallest absolute Gasteiger partial charge is 0.417 e. The maximum absolute atomic E-state index is 12.6. The van der Waals surface area contributed by atoms with E-state index in [9.17, 15) is 23.4 Å². The molecule has 0 bridgehead atoms. The zero-order chi connectivity index (χ0) is 20.2. The number of aromatic nitrogens is 2. The van der Waals surface area contributed by atoms with E-state index in [4.69, 9.17) is 4.74 Å². The van der Waals surface area contributed by atoms with Gasteiger partial charge < -0.3 is 20.3 Å². The van der Waals surface area contributed by atoms with Crippen LogP contribution in [0, 0.1) is 5.41 Å². The zero-order valence-corrected chi connectivity index (χ0v) is 15.1. The second-order valence-electron chi connectivity index (χ2n) is 7.18. The minimum Gasteiger partial charge on any atom is -0.477 e. The van der Waals surface area contributed by atoms with Gasteiger partial charge in [-0.25, -0.2) is 4.98 Å². The van der Waals surface area contributed by atoms with Crippen molar-refractivity contribution in [3.8, 4) is 5.88 Å². The number of pyridine rings is 2. The average molecular weight is 397 g/mol. The fourth-order valence-electron chi connectivity index (χ4n) is 3.39. The Bertz CT molecular complexity index is 747. The summed E-state index contributed by atoms with van der Waals surface area (Å²) in [5.41, 5.74) is -0.424. The van der Waals surface area contributed by atoms with Crippen molar-refractivity contribution in [2.24, 2.45) is 5.41 Å². The SMILES string of the molecule is O[C@@H]1CC(CNCc2cccnc2)(COc2ccc(C(F)(F)F)cn2)C[C@@H]1O. The molecule has 3 rings (SSSR count). The summed E-state index contributed by atoms with van der Waals surface area (Å²) in [6.45, 7) is 1.12. The summed E-state index contributed by atoms with van der Waals surface area (Å²) in [4.78, 5) is 7.75. The molecule has 2 aromatic heterocycles. The minimum absolute atomic E-state index is 0.0653. The van der Waals surface area contributed by atoms with Crippen molar-refractivity contribution in [3.05, 3.63) is 54.0 Å². The number of halogens is 3. The van der Waals surface area contributed by atoms with Gasteiger partial charge in [0.25, 0.3) is 0 Å². The van der Waals surface area contributed by atoms with Crippen molar-refractivity contribution in [1.82, 2.24) is 15.3 Å². The molecule has 0 aliphatic heterocycles. The van der Waals surface area contributed by atoms with Crippen molar-refractivity contribution >= 4 is 0 Å². The minimum atomic E-state index is -4.46. The monoisotopic (exact) mass is 397 g/mol. The fraction of sp³-hybridized carbons (Fsp3) is 0.474. The maximum Gasteiger partial charge on any atom is 0.417 e. The van der Waals surface area contributed by atoms with E-state index in [1.807, 2.05) is 12.1 Å². The molecule has 0 amide bonds. The number of hydrogen-bond acceptors (Lipinski definition) is 6. The molecular formula is C19H22F3N3O3. The molecule has 28 heavy (non-hydrogen) atoms. The van der Waals surface area contributed by atoms with Crippen molar-refractivity contribution < 1.29 is 28.1 Å². The van der Waals surface area contributed by atoms with Crippen LogP contribution in [0.25, 0.3) is 0 Å². The molecule has 1 aliphatic carbocycles. The number of aliphatic hydroxyl groups excluding tert-OH is 2. The summed E-state index contributed by atoms with van der Waals surface area (Å²) in [6, 6.07) is 5.83. The van der Waals surface area contributed by atoms with Crippen molar-refractivity contribution in [2.75, 3.05) is 13.2 Å². The van der Waals surface area contributed by atoms with Crippen LogP contribution in [0.15, 0.2) is 42.9 Å². The summed E-state index contributed by atoms with van der Waals surface area (Å²) in [5, 5.41) is 23.3. The third-order valence-electron chi connectivity index (χ3n) is 4.87. The summed E-state index contributed by atoms with van der Waals surface area (Å²) in [6.07, 6.45) is -1.43. The highest BCUT2D eigenvalue weighted by molar-refractivity contribution is 5.20. The molecule has 0 radical (unpaired) electrons. The molecule has 2 heterocycles. The predicted octanol–water partition coefficient (Wildman–Crippen LogP) is 2.17. The number of nitrogens with zero attached hydrogens (tertiary/aromatic N) is 2. The van der Waals surface area contributed by atoms with Crippen LogP contribution in [-0.2, 0) is 12.7 Å². The molecule has 3 atom stereocenters. The molecular weight excluding hydrogens is 375 g/mol. The molecule has 152 valence electrons. The van der Waals surface area contributed by atoms with Crippen LogP contribution in [-0.4, -0.2) is 45.5 Å². The van der Waals surface area contributed by atoms with E-state index in [0.717, 1.165) is 17.8 Å². The molecule has 3 N–H and O–H groups in total. The lowest BCUT2D eigenvalue weighted by molar-refractivity contribution is -0.137. The number of ether oxygens (including phenoxy) is 1. The van der Waals surface area contributed by atoms with Crippen LogP contribution in [0.4, 0.5) is 13.2 Å². The van der Waals surface area contributed by atoms with Gasteiger partial charge in [-0.1, -0.05) is 6.07 Å². The first-order chi connectivity index (χ1) is 13.3. The standard InChI is InChI=1S/C19H22F3N3O3/c20-19(21,22)14-3-4-17(25-10-14)28-12-18(6-15(26)16(27)7-18)11-24-9-13-2-1-5-23-8-13/h1-5,8,10,15-16,24,26-27H,6-7,9,11-12H2/t15-,16+,18?. The van der Waals surface area contributed by atoms with Gasteiger partial charge in [-0.3, -0.25) is 4.98 Å². The highest BCUT2D eigenvalue weighted by Crippen LogP contribution is 2.39. The Hall–Kier alpha value is -2.23. The lowest BCUT2D eigenvalue weighted by atomic mass is 9.86. The van der Waals surface area contributed by atoms with Gasteiger partial charge >= 0.3 is 6.18 Å². The van der Waals surface area contributed by atoms with Crippen molar-refractivity contribution in [2.45, 2.75) is 37.8 Å². The molecule has 9 heteroatoms. The Morgan fingerprint density at radius 1 is 1.14 bits per heavy atom. The maximum atomic E-state index is 12.6. The topological polar surface area (TPSA) is 87.5 Å². The molecule has 0 saturated heterocycles. The van der Waals surface area contributed by atoms with E-state index >= 15 is 0 Å². The first-order valence-corrected chi connectivity index (χ1v) is 8.89. The first-order valence-electron chi connectivity index (χ1n) is 8.89. The molecule has 6 nitrogen and oxygen atoms in total. The third-order valence-corrected chi connectivity index (χ3v) is 4.87. The number of alkyl halides is 3. The molecule has 0 aromatic carbocycles. The summed E-state index contributed by atoms with van der Waals surface area (Å²) in [7, 11) is 0. The lowest BCUT2D eigenvalue weighted by Crippen LogP contribution is -2.38. The van der Waals surface area contributed by atoms with E-state index in [-0.39, 0.29) is 12.5 Å². The van der Waals surface area contributed by atoms with Crippen molar-refractivity contribution in [3.63, 3.8) is 0 Å². The molecule has 0 spiro atoms. The van der Waals surface area contributed by atoms with Gasteiger partial charge in [0.05, 0.1) is 24.4 Å². The highest BCUT2D eigenvalue weighted by atomic mass is 19.4. The average Bonchev–Trinajstić information content (AvgIpc) is 2.95. The van der Waals surface area contributed by atoms with Crippen LogP contribution in [0.2, 0.25) is 0 Å². The van der Waals surface area contributed by atoms with E-state index < -0.39 is 29.4 Å². The molecule has 1 saturated carbocycles. The van der Waals surface area contributed by atoms with Gasteiger partial charge in [0.15, 0.2) is 0 Å². The number of aliphatic hydroxyl groups is 2. The molecule has 1 unspecified atom stereocenters. The van der Waals surface area contributed by atoms with E-state index in [2.05, 4.69) is 15.3 Å². The lowest BCUT2D eigenvalue weighted by Gasteiger charge is -2.29. The van der Waals surface area contributed by atoms with Crippen molar-refractivity contribution in [1.29, 1.82) is 0 Å². The third kappa shape index (κ3) is 5.18. The normalized spacial score (nSPS) is 25.0.